The van der Waals surface area contributed by atoms with Crippen molar-refractivity contribution in [3.05, 3.63) is 48.3 Å². The molecule has 3 N–H and O–H groups in total. The summed E-state index contributed by atoms with van der Waals surface area (Å²) in [5.41, 5.74) is 6.46. The molecule has 0 atom stereocenters. The maximum atomic E-state index is 12.4. The van der Waals surface area contributed by atoms with E-state index < -0.39 is 5.54 Å². The minimum atomic E-state index is -0.873. The average Bonchev–Trinajstić information content (AvgIpc) is 2.96. The van der Waals surface area contributed by atoms with Gasteiger partial charge in [0, 0.05) is 25.6 Å². The van der Waals surface area contributed by atoms with Crippen LogP contribution in [0.25, 0.3) is 0 Å². The number of carbonyl (C=O) groups excluding carboxylic acids is 1. The van der Waals surface area contributed by atoms with Gasteiger partial charge in [0.15, 0.2) is 0 Å². The number of anilines is 1. The summed E-state index contributed by atoms with van der Waals surface area (Å²) in [6, 6.07) is 10.0. The summed E-state index contributed by atoms with van der Waals surface area (Å²) in [4.78, 5) is 16.7. The Balaban J connectivity index is 0.00000192. The summed E-state index contributed by atoms with van der Waals surface area (Å²) in [5, 5.41) is 2.85. The molecule has 0 saturated carbocycles. The van der Waals surface area contributed by atoms with E-state index in [2.05, 4.69) is 10.3 Å². The Hall–Kier alpha value is -1.89. The van der Waals surface area contributed by atoms with Crippen molar-refractivity contribution in [2.24, 2.45) is 5.73 Å². The molecule has 7 heteroatoms. The fourth-order valence-corrected chi connectivity index (χ4v) is 2.53. The zero-order chi connectivity index (χ0) is 15.4. The molecule has 1 fully saturated rings. The van der Waals surface area contributed by atoms with Gasteiger partial charge >= 0.3 is 0 Å². The maximum absolute atomic E-state index is 12.4. The predicted octanol–water partition coefficient (Wildman–Crippen LogP) is 1.80. The first-order valence-corrected chi connectivity index (χ1v) is 7.40. The highest BCUT2D eigenvalue weighted by Crippen LogP contribution is 2.20. The van der Waals surface area contributed by atoms with Crippen molar-refractivity contribution in [1.82, 2.24) is 9.55 Å². The second-order valence-electron chi connectivity index (χ2n) is 5.59. The standard InChI is InChI=1S/C16H20N4O2.ClH/c17-16(6-10-22-11-7-16)14(21)19-15-18-8-9-20(15)12-13-4-2-1-3-5-13;/h1-5,8-9H,6-7,10-12,17H2,(H,18,19,21);1H. The summed E-state index contributed by atoms with van der Waals surface area (Å²) in [7, 11) is 0. The second-order valence-corrected chi connectivity index (χ2v) is 5.59. The first-order valence-electron chi connectivity index (χ1n) is 7.40. The Kier molecular flexibility index (Phi) is 5.76. The third-order valence-corrected chi connectivity index (χ3v) is 3.97. The minimum Gasteiger partial charge on any atom is -0.381 e. The number of amides is 1. The van der Waals surface area contributed by atoms with E-state index >= 15 is 0 Å². The van der Waals surface area contributed by atoms with Crippen LogP contribution in [0, 0.1) is 0 Å². The molecule has 0 aliphatic carbocycles. The SMILES string of the molecule is Cl.NC1(C(=O)Nc2nccn2Cc2ccccc2)CCOCC1. The molecular weight excluding hydrogens is 316 g/mol. The number of hydrogen-bond acceptors (Lipinski definition) is 4. The molecule has 1 aromatic carbocycles. The highest BCUT2D eigenvalue weighted by atomic mass is 35.5. The monoisotopic (exact) mass is 336 g/mol. The van der Waals surface area contributed by atoms with E-state index in [0.29, 0.717) is 38.5 Å². The van der Waals surface area contributed by atoms with Crippen molar-refractivity contribution >= 4 is 24.3 Å². The van der Waals surface area contributed by atoms with Gasteiger partial charge in [0.1, 0.15) is 5.54 Å². The molecule has 1 aromatic heterocycles. The van der Waals surface area contributed by atoms with E-state index in [1.807, 2.05) is 41.1 Å². The third-order valence-electron chi connectivity index (χ3n) is 3.97. The molecular formula is C16H21ClN4O2. The largest absolute Gasteiger partial charge is 0.381 e. The minimum absolute atomic E-state index is 0. The zero-order valence-electron chi connectivity index (χ0n) is 12.8. The van der Waals surface area contributed by atoms with Crippen molar-refractivity contribution in [3.8, 4) is 0 Å². The van der Waals surface area contributed by atoms with Gasteiger partial charge in [-0.3, -0.25) is 10.1 Å². The lowest BCUT2D eigenvalue weighted by Gasteiger charge is -2.31. The predicted molar refractivity (Wildman–Crippen MR) is 90.6 cm³/mol. The summed E-state index contributed by atoms with van der Waals surface area (Å²) >= 11 is 0. The van der Waals surface area contributed by atoms with Gasteiger partial charge in [0.2, 0.25) is 11.9 Å². The number of ether oxygens (including phenoxy) is 1. The number of aromatic nitrogens is 2. The van der Waals surface area contributed by atoms with E-state index in [-0.39, 0.29) is 18.3 Å². The number of imidazole rings is 1. The summed E-state index contributed by atoms with van der Waals surface area (Å²) < 4.78 is 7.17. The first-order chi connectivity index (χ1) is 10.7. The van der Waals surface area contributed by atoms with Crippen LogP contribution in [0.5, 0.6) is 0 Å². The molecule has 1 aliphatic heterocycles. The summed E-state index contributed by atoms with van der Waals surface area (Å²) in [6.45, 7) is 1.68. The van der Waals surface area contributed by atoms with E-state index in [1.165, 1.54) is 0 Å². The molecule has 0 unspecified atom stereocenters. The smallest absolute Gasteiger partial charge is 0.246 e. The Morgan fingerprint density at radius 2 is 2.00 bits per heavy atom. The Bertz CT molecular complexity index is 639. The number of nitrogens with zero attached hydrogens (tertiary/aromatic N) is 2. The molecule has 2 aromatic rings. The van der Waals surface area contributed by atoms with Crippen LogP contribution in [0.3, 0.4) is 0 Å². The second kappa shape index (κ2) is 7.59. The van der Waals surface area contributed by atoms with Gasteiger partial charge in [-0.1, -0.05) is 30.3 Å². The quantitative estimate of drug-likeness (QED) is 0.892. The molecule has 124 valence electrons. The highest BCUT2D eigenvalue weighted by Gasteiger charge is 2.36. The Morgan fingerprint density at radius 3 is 2.70 bits per heavy atom. The zero-order valence-corrected chi connectivity index (χ0v) is 13.6. The number of benzene rings is 1. The molecule has 1 amide bonds. The van der Waals surface area contributed by atoms with Crippen molar-refractivity contribution in [3.63, 3.8) is 0 Å². The number of hydrogen-bond donors (Lipinski definition) is 2. The fourth-order valence-electron chi connectivity index (χ4n) is 2.53. The lowest BCUT2D eigenvalue weighted by Crippen LogP contribution is -2.54. The molecule has 0 bridgehead atoms. The number of carbonyl (C=O) groups is 1. The summed E-state index contributed by atoms with van der Waals surface area (Å²) in [6.07, 6.45) is 4.57. The molecule has 23 heavy (non-hydrogen) atoms. The maximum Gasteiger partial charge on any atom is 0.246 e. The van der Waals surface area contributed by atoms with Crippen LogP contribution in [-0.4, -0.2) is 34.2 Å². The summed E-state index contributed by atoms with van der Waals surface area (Å²) in [5.74, 6) is 0.321. The van der Waals surface area contributed by atoms with Crippen LogP contribution < -0.4 is 11.1 Å². The van der Waals surface area contributed by atoms with Crippen LogP contribution in [0.1, 0.15) is 18.4 Å². The lowest BCUT2D eigenvalue weighted by molar-refractivity contribution is -0.124. The average molecular weight is 337 g/mol. The molecule has 0 radical (unpaired) electrons. The Morgan fingerprint density at radius 1 is 1.30 bits per heavy atom. The van der Waals surface area contributed by atoms with Crippen molar-refractivity contribution < 1.29 is 9.53 Å². The van der Waals surface area contributed by atoms with Gasteiger partial charge in [-0.05, 0) is 18.4 Å². The molecule has 6 nitrogen and oxygen atoms in total. The topological polar surface area (TPSA) is 82.2 Å². The van der Waals surface area contributed by atoms with Gasteiger partial charge in [-0.25, -0.2) is 4.98 Å². The van der Waals surface area contributed by atoms with Crippen LogP contribution in [0.4, 0.5) is 5.95 Å². The van der Waals surface area contributed by atoms with E-state index in [0.717, 1.165) is 5.56 Å². The fraction of sp³-hybridized carbons (Fsp3) is 0.375. The van der Waals surface area contributed by atoms with Gasteiger partial charge in [0.05, 0.1) is 6.54 Å². The van der Waals surface area contributed by atoms with Crippen molar-refractivity contribution in [2.75, 3.05) is 18.5 Å². The number of nitrogens with two attached hydrogens (primary N) is 1. The lowest BCUT2D eigenvalue weighted by atomic mass is 9.90. The van der Waals surface area contributed by atoms with Crippen molar-refractivity contribution in [2.45, 2.75) is 24.9 Å². The van der Waals surface area contributed by atoms with E-state index in [4.69, 9.17) is 10.5 Å². The number of halogens is 1. The Labute approximate surface area is 141 Å². The molecule has 1 aliphatic rings. The van der Waals surface area contributed by atoms with Crippen LogP contribution in [-0.2, 0) is 16.1 Å². The first kappa shape index (κ1) is 17.5. The molecule has 0 spiro atoms. The van der Waals surface area contributed by atoms with E-state index in [1.54, 1.807) is 6.20 Å². The number of nitrogens with one attached hydrogen (secondary N) is 1. The number of rotatable bonds is 4. The highest BCUT2D eigenvalue weighted by molar-refractivity contribution is 5.96. The van der Waals surface area contributed by atoms with Gasteiger partial charge in [-0.15, -0.1) is 12.4 Å². The van der Waals surface area contributed by atoms with Gasteiger partial charge < -0.3 is 15.0 Å². The van der Waals surface area contributed by atoms with Gasteiger partial charge in [0.25, 0.3) is 0 Å². The third kappa shape index (κ3) is 4.10. The normalized spacial score (nSPS) is 16.4. The van der Waals surface area contributed by atoms with Crippen LogP contribution in [0.15, 0.2) is 42.7 Å². The van der Waals surface area contributed by atoms with Gasteiger partial charge in [-0.2, -0.15) is 0 Å². The molecule has 1 saturated heterocycles. The van der Waals surface area contributed by atoms with E-state index in [9.17, 15) is 4.79 Å². The molecule has 3 rings (SSSR count). The molecule has 2 heterocycles. The van der Waals surface area contributed by atoms with Crippen LogP contribution in [0.2, 0.25) is 0 Å². The van der Waals surface area contributed by atoms with Crippen molar-refractivity contribution in [1.29, 1.82) is 0 Å². The van der Waals surface area contributed by atoms with Crippen LogP contribution >= 0.6 is 12.4 Å².